The Hall–Kier alpha value is -3.79. The largest absolute Gasteiger partial charge is 0.481 e. The summed E-state index contributed by atoms with van der Waals surface area (Å²) >= 11 is 0.716. The molecule has 0 heterocycles. The average Bonchev–Trinajstić information content (AvgIpc) is 2.72. The molecule has 1 aromatic carbocycles. The molecule has 0 radical (unpaired) electrons. The van der Waals surface area contributed by atoms with Crippen LogP contribution in [-0.4, -0.2) is 68.2 Å². The van der Waals surface area contributed by atoms with Gasteiger partial charge in [-0.2, -0.15) is 0 Å². The number of carbonyl (C=O) groups is 4. The van der Waals surface area contributed by atoms with E-state index in [0.29, 0.717) is 11.8 Å². The Morgan fingerprint density at radius 2 is 1.75 bits per heavy atom. The van der Waals surface area contributed by atoms with E-state index >= 15 is 0 Å². The smallest absolute Gasteiger partial charge is 0.326 e. The Bertz CT molecular complexity index is 943. The Kier molecular flexibility index (Phi) is 9.97. The highest BCUT2D eigenvalue weighted by molar-refractivity contribution is 7.99. The van der Waals surface area contributed by atoms with Crippen LogP contribution in [0.25, 0.3) is 0 Å². The Morgan fingerprint density at radius 3 is 2.25 bits per heavy atom. The maximum Gasteiger partial charge on any atom is 0.326 e. The van der Waals surface area contributed by atoms with Gasteiger partial charge in [0, 0.05) is 23.9 Å². The zero-order valence-electron chi connectivity index (χ0n) is 16.3. The molecule has 0 saturated carbocycles. The van der Waals surface area contributed by atoms with Crippen LogP contribution in [0.2, 0.25) is 0 Å². The number of amides is 2. The monoisotopic (exact) mass is 481 g/mol. The molecule has 0 spiro atoms. The second-order valence-corrected chi connectivity index (χ2v) is 7.20. The lowest BCUT2D eigenvalue weighted by Crippen LogP contribution is -2.53. The summed E-state index contributed by atoms with van der Waals surface area (Å²) in [6, 6.07) is -0.0856. The van der Waals surface area contributed by atoms with Crippen molar-refractivity contribution in [2.75, 3.05) is 12.3 Å². The van der Waals surface area contributed by atoms with Crippen molar-refractivity contribution in [3.63, 3.8) is 0 Å². The number of nitro benzene ring substituents is 2. The molecule has 0 aliphatic heterocycles. The van der Waals surface area contributed by atoms with E-state index in [2.05, 4.69) is 10.6 Å². The van der Waals surface area contributed by atoms with E-state index in [9.17, 15) is 44.5 Å². The molecule has 0 fully saturated rings. The summed E-state index contributed by atoms with van der Waals surface area (Å²) in [7, 11) is 0. The molecule has 1 rings (SSSR count). The van der Waals surface area contributed by atoms with Gasteiger partial charge in [-0.3, -0.25) is 34.6 Å². The number of hydrogen-bond acceptors (Lipinski definition) is 10. The number of non-ortho nitro benzene ring substituents is 1. The molecule has 0 bridgehead atoms. The van der Waals surface area contributed by atoms with Crippen molar-refractivity contribution in [1.29, 1.82) is 0 Å². The fraction of sp³-hybridized carbons (Fsp3) is 0.375. The van der Waals surface area contributed by atoms with Crippen molar-refractivity contribution in [3.05, 3.63) is 38.4 Å². The molecule has 2 amide bonds. The van der Waals surface area contributed by atoms with Crippen molar-refractivity contribution < 1.29 is 44.9 Å². The van der Waals surface area contributed by atoms with Crippen LogP contribution < -0.4 is 16.4 Å². The number of nitro groups is 2. The first kappa shape index (κ1) is 26.2. The van der Waals surface area contributed by atoms with Crippen LogP contribution in [0.5, 0.6) is 0 Å². The summed E-state index contributed by atoms with van der Waals surface area (Å²) in [5.74, 6) is -4.86. The molecule has 0 aliphatic carbocycles. The van der Waals surface area contributed by atoms with Gasteiger partial charge in [-0.15, -0.1) is 11.8 Å². The molecule has 182 valence electrons. The first-order valence-electron chi connectivity index (χ1n) is 8.76. The minimum Gasteiger partial charge on any atom is -0.481 e. The van der Waals surface area contributed by atoms with Gasteiger partial charge in [0.1, 0.15) is 12.1 Å². The number of nitrogens with zero attached hydrogens (tertiary/aromatic N) is 2. The number of aliphatic carboxylic acids is 2. The fourth-order valence-corrected chi connectivity index (χ4v) is 3.32. The lowest BCUT2D eigenvalue weighted by atomic mass is 10.1. The maximum absolute atomic E-state index is 12.5. The van der Waals surface area contributed by atoms with Gasteiger partial charge in [-0.05, 0) is 12.5 Å². The van der Waals surface area contributed by atoms with Crippen molar-refractivity contribution >= 4 is 46.9 Å². The Morgan fingerprint density at radius 1 is 1.09 bits per heavy atom. The van der Waals surface area contributed by atoms with E-state index in [4.69, 9.17) is 10.8 Å². The van der Waals surface area contributed by atoms with Crippen molar-refractivity contribution in [2.45, 2.75) is 29.8 Å². The van der Waals surface area contributed by atoms with Crippen molar-refractivity contribution in [1.82, 2.24) is 10.6 Å². The minimum atomic E-state index is -1.56. The quantitative estimate of drug-likeness (QED) is 0.146. The van der Waals surface area contributed by atoms with E-state index in [1.807, 2.05) is 0 Å². The van der Waals surface area contributed by atoms with E-state index in [-0.39, 0.29) is 16.4 Å². The van der Waals surface area contributed by atoms with E-state index in [0.717, 1.165) is 18.2 Å². The van der Waals surface area contributed by atoms with Gasteiger partial charge in [0.25, 0.3) is 11.4 Å². The second-order valence-electron chi connectivity index (χ2n) is 6.13. The molecular formula is C16H27N5O10S. The lowest BCUT2D eigenvalue weighted by Gasteiger charge is -2.21. The van der Waals surface area contributed by atoms with Crippen molar-refractivity contribution in [3.8, 4) is 0 Å². The molecule has 32 heavy (non-hydrogen) atoms. The van der Waals surface area contributed by atoms with Crippen molar-refractivity contribution in [2.24, 2.45) is 5.73 Å². The highest BCUT2D eigenvalue weighted by Gasteiger charge is 2.28. The zero-order chi connectivity index (χ0) is 24.4. The average molecular weight is 481 g/mol. The summed E-state index contributed by atoms with van der Waals surface area (Å²) in [6.45, 7) is -0.506. The SMILES string of the molecule is NCC(=O)NC(CSc1ccc([N+](=O)[O-])cc1[N+](=O)[O-])C(=O)NC(CCC(=O)O)C(=O)O.[HH].[HH].[HH].[HH]. The summed E-state index contributed by atoms with van der Waals surface area (Å²) in [6.07, 6.45) is -0.963. The highest BCUT2D eigenvalue weighted by Crippen LogP contribution is 2.32. The van der Waals surface area contributed by atoms with Gasteiger partial charge in [0.15, 0.2) is 0 Å². The fourth-order valence-electron chi connectivity index (χ4n) is 2.29. The Balaban J connectivity index is -0.00000128. The van der Waals surface area contributed by atoms with Crippen LogP contribution in [0.1, 0.15) is 18.5 Å². The summed E-state index contributed by atoms with van der Waals surface area (Å²) in [5, 5.41) is 44.3. The van der Waals surface area contributed by atoms with Gasteiger partial charge in [-0.1, -0.05) is 0 Å². The Labute approximate surface area is 189 Å². The van der Waals surface area contributed by atoms with Crippen LogP contribution in [0.3, 0.4) is 0 Å². The second kappa shape index (κ2) is 12.2. The molecule has 6 N–H and O–H groups in total. The molecule has 16 heteroatoms. The maximum atomic E-state index is 12.5. The number of hydrogen-bond donors (Lipinski definition) is 5. The molecule has 2 atom stereocenters. The molecule has 1 aromatic rings. The summed E-state index contributed by atoms with van der Waals surface area (Å²) < 4.78 is 0. The number of carboxylic acid groups (broad SMARTS) is 2. The number of thioether (sulfide) groups is 1. The van der Waals surface area contributed by atoms with Gasteiger partial charge in [-0.25, -0.2) is 4.79 Å². The number of nitrogens with two attached hydrogens (primary N) is 1. The number of nitrogens with one attached hydrogen (secondary N) is 2. The number of benzene rings is 1. The van der Waals surface area contributed by atoms with Crippen LogP contribution in [0, 0.1) is 20.2 Å². The lowest BCUT2D eigenvalue weighted by molar-refractivity contribution is -0.396. The predicted molar refractivity (Wildman–Crippen MR) is 116 cm³/mol. The number of carboxylic acids is 2. The predicted octanol–water partition coefficient (Wildman–Crippen LogP) is 0.457. The van der Waals surface area contributed by atoms with Crippen LogP contribution in [0.15, 0.2) is 23.1 Å². The standard InChI is InChI=1S/C16H19N5O10S.4H2/c17-6-13(22)18-10(15(25)19-9(16(26)27)2-4-14(23)24)7-32-12-3-1-8(20(28)29)5-11(12)21(30)31;;;;/h1,3,5,9-10H,2,4,6-7,17H2,(H,18,22)(H,19,25)(H,23,24)(H,26,27);4*1H. The molecule has 0 saturated heterocycles. The summed E-state index contributed by atoms with van der Waals surface area (Å²) in [5.41, 5.74) is 4.09. The highest BCUT2D eigenvalue weighted by atomic mass is 32.2. The molecule has 2 unspecified atom stereocenters. The van der Waals surface area contributed by atoms with E-state index in [1.165, 1.54) is 0 Å². The minimum absolute atomic E-state index is 0. The van der Waals surface area contributed by atoms with Crippen LogP contribution in [-0.2, 0) is 19.2 Å². The summed E-state index contributed by atoms with van der Waals surface area (Å²) in [4.78, 5) is 66.5. The third kappa shape index (κ3) is 8.15. The molecule has 15 nitrogen and oxygen atoms in total. The van der Waals surface area contributed by atoms with Gasteiger partial charge < -0.3 is 26.6 Å². The number of carbonyl (C=O) groups excluding carboxylic acids is 2. The molecule has 0 aliphatic rings. The molecule has 0 aromatic heterocycles. The topological polar surface area (TPSA) is 245 Å². The zero-order valence-corrected chi connectivity index (χ0v) is 17.1. The van der Waals surface area contributed by atoms with Crippen LogP contribution >= 0.6 is 11.8 Å². The number of rotatable bonds is 13. The third-order valence-corrected chi connectivity index (χ3v) is 5.01. The van der Waals surface area contributed by atoms with E-state index in [1.54, 1.807) is 0 Å². The van der Waals surface area contributed by atoms with Gasteiger partial charge in [0.05, 0.1) is 27.4 Å². The van der Waals surface area contributed by atoms with E-state index < -0.39 is 76.4 Å². The first-order valence-corrected chi connectivity index (χ1v) is 9.74. The van der Waals surface area contributed by atoms with Gasteiger partial charge >= 0.3 is 11.9 Å². The molecular weight excluding hydrogens is 454 g/mol. The third-order valence-electron chi connectivity index (χ3n) is 3.85. The van der Waals surface area contributed by atoms with Crippen LogP contribution in [0.4, 0.5) is 11.4 Å². The normalized spacial score (nSPS) is 12.3. The first-order chi connectivity index (χ1) is 15.0. The van der Waals surface area contributed by atoms with Gasteiger partial charge in [0.2, 0.25) is 11.8 Å².